The van der Waals surface area contributed by atoms with Gasteiger partial charge in [0, 0.05) is 16.1 Å². The molecule has 0 bridgehead atoms. The number of carboxylic acid groups (broad SMARTS) is 1. The van der Waals surface area contributed by atoms with E-state index in [2.05, 4.69) is 15.9 Å². The first kappa shape index (κ1) is 19.9. The lowest BCUT2D eigenvalue weighted by atomic mass is 10.0. The molecule has 3 rings (SSSR count). The largest absolute Gasteiger partial charge is 0.548 e. The van der Waals surface area contributed by atoms with Crippen LogP contribution < -0.4 is 5.11 Å². The molecule has 0 spiro atoms. The second kappa shape index (κ2) is 8.00. The maximum atomic E-state index is 12.7. The van der Waals surface area contributed by atoms with Gasteiger partial charge in [-0.3, -0.25) is 9.69 Å². The molecule has 1 aromatic heterocycles. The average Bonchev–Trinajstić information content (AvgIpc) is 3.16. The standard InChI is InChI=1S/C19H16BrNO4S2/c1-10(2)16(18(23)24)21-17(22)15(27-19(21)26)9-13-7-8-14(25-13)11-3-5-12(20)6-4-11/h3-10,16H,1-2H3,(H,23,24)/p-1/b15-9-/t16-/m1/s1. The van der Waals surface area contributed by atoms with E-state index < -0.39 is 17.9 Å². The van der Waals surface area contributed by atoms with Gasteiger partial charge in [0.25, 0.3) is 5.91 Å². The molecular weight excluding hydrogens is 450 g/mol. The fourth-order valence-electron chi connectivity index (χ4n) is 2.72. The van der Waals surface area contributed by atoms with Gasteiger partial charge in [-0.25, -0.2) is 0 Å². The Morgan fingerprint density at radius 3 is 2.52 bits per heavy atom. The van der Waals surface area contributed by atoms with Crippen molar-refractivity contribution in [3.8, 4) is 11.3 Å². The predicted octanol–water partition coefficient (Wildman–Crippen LogP) is 3.68. The topological polar surface area (TPSA) is 73.6 Å². The monoisotopic (exact) mass is 464 g/mol. The van der Waals surface area contributed by atoms with E-state index in [1.54, 1.807) is 26.0 Å². The van der Waals surface area contributed by atoms with Crippen LogP contribution in [0.25, 0.3) is 17.4 Å². The maximum absolute atomic E-state index is 12.7. The lowest BCUT2D eigenvalue weighted by Crippen LogP contribution is -2.52. The van der Waals surface area contributed by atoms with Crippen LogP contribution in [0.5, 0.6) is 0 Å². The Balaban J connectivity index is 1.86. The summed E-state index contributed by atoms with van der Waals surface area (Å²) < 4.78 is 6.97. The highest BCUT2D eigenvalue weighted by Crippen LogP contribution is 2.36. The summed E-state index contributed by atoms with van der Waals surface area (Å²) in [6, 6.07) is 10.1. The van der Waals surface area contributed by atoms with Gasteiger partial charge >= 0.3 is 0 Å². The number of rotatable bonds is 5. The van der Waals surface area contributed by atoms with Crippen LogP contribution >= 0.6 is 39.9 Å². The van der Waals surface area contributed by atoms with Crippen LogP contribution in [0, 0.1) is 5.92 Å². The van der Waals surface area contributed by atoms with E-state index in [0.717, 1.165) is 26.7 Å². The van der Waals surface area contributed by atoms with Gasteiger partial charge in [0.15, 0.2) is 0 Å². The summed E-state index contributed by atoms with van der Waals surface area (Å²) in [4.78, 5) is 25.6. The van der Waals surface area contributed by atoms with Gasteiger partial charge in [0.2, 0.25) is 0 Å². The van der Waals surface area contributed by atoms with Crippen LogP contribution in [0.3, 0.4) is 0 Å². The third kappa shape index (κ3) is 4.17. The zero-order valence-corrected chi connectivity index (χ0v) is 17.7. The summed E-state index contributed by atoms with van der Waals surface area (Å²) in [5.74, 6) is -0.945. The van der Waals surface area contributed by atoms with E-state index in [0.29, 0.717) is 16.4 Å². The minimum atomic E-state index is -1.32. The number of thioether (sulfide) groups is 1. The van der Waals surface area contributed by atoms with E-state index >= 15 is 0 Å². The lowest BCUT2D eigenvalue weighted by Gasteiger charge is -2.30. The van der Waals surface area contributed by atoms with Gasteiger partial charge in [-0.1, -0.05) is 65.9 Å². The zero-order chi connectivity index (χ0) is 19.7. The number of hydrogen-bond acceptors (Lipinski definition) is 6. The second-order valence-electron chi connectivity index (χ2n) is 6.27. The molecule has 1 atom stereocenters. The molecule has 0 unspecified atom stereocenters. The number of furan rings is 1. The fraction of sp³-hybridized carbons (Fsp3) is 0.211. The number of thiocarbonyl (C=S) groups is 1. The van der Waals surface area contributed by atoms with Crippen molar-refractivity contribution in [1.29, 1.82) is 0 Å². The predicted molar refractivity (Wildman–Crippen MR) is 110 cm³/mol. The highest BCUT2D eigenvalue weighted by atomic mass is 79.9. The van der Waals surface area contributed by atoms with Gasteiger partial charge < -0.3 is 14.3 Å². The van der Waals surface area contributed by atoms with Crippen LogP contribution in [0.2, 0.25) is 0 Å². The Hall–Kier alpha value is -1.90. The van der Waals surface area contributed by atoms with E-state index in [-0.39, 0.29) is 10.2 Å². The normalized spacial score (nSPS) is 17.2. The van der Waals surface area contributed by atoms with E-state index in [1.807, 2.05) is 30.3 Å². The smallest absolute Gasteiger partial charge is 0.266 e. The molecule has 140 valence electrons. The minimum Gasteiger partial charge on any atom is -0.548 e. The third-order valence-corrected chi connectivity index (χ3v) is 5.86. The van der Waals surface area contributed by atoms with Gasteiger partial charge in [-0.15, -0.1) is 0 Å². The Bertz CT molecular complexity index is 933. The van der Waals surface area contributed by atoms with Crippen molar-refractivity contribution in [2.45, 2.75) is 19.9 Å². The van der Waals surface area contributed by atoms with Crippen LogP contribution in [0.4, 0.5) is 0 Å². The van der Waals surface area contributed by atoms with Crippen molar-refractivity contribution in [2.75, 3.05) is 0 Å². The van der Waals surface area contributed by atoms with Crippen LogP contribution in [-0.4, -0.2) is 27.1 Å². The average molecular weight is 465 g/mol. The van der Waals surface area contributed by atoms with Crippen molar-refractivity contribution < 1.29 is 19.1 Å². The van der Waals surface area contributed by atoms with Crippen molar-refractivity contribution in [2.24, 2.45) is 5.92 Å². The van der Waals surface area contributed by atoms with E-state index in [4.69, 9.17) is 16.6 Å². The summed E-state index contributed by atoms with van der Waals surface area (Å²) in [7, 11) is 0. The Morgan fingerprint density at radius 1 is 1.26 bits per heavy atom. The maximum Gasteiger partial charge on any atom is 0.266 e. The summed E-state index contributed by atoms with van der Waals surface area (Å²) in [5.41, 5.74) is 0.905. The first-order chi connectivity index (χ1) is 12.8. The van der Waals surface area contributed by atoms with E-state index in [9.17, 15) is 14.7 Å². The van der Waals surface area contributed by atoms with Gasteiger partial charge in [0.05, 0.1) is 16.9 Å². The SMILES string of the molecule is CC(C)[C@H](C(=O)[O-])N1C(=O)/C(=C/c2ccc(-c3ccc(Br)cc3)o2)SC1=S. The summed E-state index contributed by atoms with van der Waals surface area (Å²) >= 11 is 9.67. The molecule has 0 saturated carbocycles. The third-order valence-electron chi connectivity index (χ3n) is 4.00. The van der Waals surface area contributed by atoms with Crippen molar-refractivity contribution in [1.82, 2.24) is 4.90 Å². The number of carbonyl (C=O) groups excluding carboxylic acids is 2. The van der Waals surface area contributed by atoms with Crippen molar-refractivity contribution >= 4 is 62.2 Å². The molecule has 1 aliphatic heterocycles. The molecule has 0 aliphatic carbocycles. The lowest BCUT2D eigenvalue weighted by molar-refractivity contribution is -0.311. The van der Waals surface area contributed by atoms with Crippen LogP contribution in [0.15, 0.2) is 50.2 Å². The summed E-state index contributed by atoms with van der Waals surface area (Å²) in [6.45, 7) is 3.42. The molecule has 2 aromatic rings. The first-order valence-corrected chi connectivity index (χ1v) is 10.1. The number of benzene rings is 1. The van der Waals surface area contributed by atoms with Crippen LogP contribution in [0.1, 0.15) is 19.6 Å². The summed E-state index contributed by atoms with van der Waals surface area (Å²) in [5, 5.41) is 11.5. The number of hydrogen-bond donors (Lipinski definition) is 0. The molecule has 0 radical (unpaired) electrons. The Kier molecular flexibility index (Phi) is 5.88. The van der Waals surface area contributed by atoms with Crippen LogP contribution in [-0.2, 0) is 9.59 Å². The van der Waals surface area contributed by atoms with Gasteiger partial charge in [0.1, 0.15) is 15.8 Å². The molecule has 1 saturated heterocycles. The zero-order valence-electron chi connectivity index (χ0n) is 14.5. The highest BCUT2D eigenvalue weighted by molar-refractivity contribution is 9.10. The molecule has 27 heavy (non-hydrogen) atoms. The number of aliphatic carboxylic acids is 1. The molecule has 0 N–H and O–H groups in total. The molecule has 8 heteroatoms. The number of carboxylic acids is 1. The molecule has 2 heterocycles. The molecule has 1 fully saturated rings. The second-order valence-corrected chi connectivity index (χ2v) is 8.86. The van der Waals surface area contributed by atoms with E-state index in [1.165, 1.54) is 0 Å². The number of nitrogens with zero attached hydrogens (tertiary/aromatic N) is 1. The fourth-order valence-corrected chi connectivity index (χ4v) is 4.30. The van der Waals surface area contributed by atoms with Crippen molar-refractivity contribution in [3.05, 3.63) is 51.5 Å². The molecule has 1 aliphatic rings. The molecule has 1 amide bonds. The molecule has 1 aromatic carbocycles. The number of carbonyl (C=O) groups is 2. The Morgan fingerprint density at radius 2 is 1.93 bits per heavy atom. The van der Waals surface area contributed by atoms with Gasteiger partial charge in [-0.05, 0) is 30.2 Å². The summed E-state index contributed by atoms with van der Waals surface area (Å²) in [6.07, 6.45) is 1.58. The molecule has 5 nitrogen and oxygen atoms in total. The highest BCUT2D eigenvalue weighted by Gasteiger charge is 2.39. The van der Waals surface area contributed by atoms with Gasteiger partial charge in [-0.2, -0.15) is 0 Å². The minimum absolute atomic E-state index is 0.203. The number of amides is 1. The number of halogens is 1. The Labute approximate surface area is 174 Å². The molecular formula is C19H15BrNO4S2-. The first-order valence-electron chi connectivity index (χ1n) is 8.11. The quantitative estimate of drug-likeness (QED) is 0.496. The van der Waals surface area contributed by atoms with Crippen molar-refractivity contribution in [3.63, 3.8) is 0 Å².